The van der Waals surface area contributed by atoms with Gasteiger partial charge in [0, 0.05) is 0 Å². The van der Waals surface area contributed by atoms with Crippen LogP contribution in [0.15, 0.2) is 18.2 Å². The van der Waals surface area contributed by atoms with E-state index in [1.807, 2.05) is 0 Å². The molecular weight excluding hydrogens is 282 g/mol. The zero-order chi connectivity index (χ0) is 15.8. The summed E-state index contributed by atoms with van der Waals surface area (Å²) < 4.78 is 76.6. The van der Waals surface area contributed by atoms with Crippen LogP contribution in [0.4, 0.5) is 26.3 Å². The topological polar surface area (TPSA) is 0 Å². The van der Waals surface area contributed by atoms with Gasteiger partial charge in [0.05, 0.1) is 11.1 Å². The van der Waals surface area contributed by atoms with E-state index in [9.17, 15) is 26.3 Å². The molecule has 0 aliphatic rings. The Morgan fingerprint density at radius 3 is 1.25 bits per heavy atom. The molecule has 20 heavy (non-hydrogen) atoms. The van der Waals surface area contributed by atoms with E-state index in [0.29, 0.717) is 12.8 Å². The standard InChI is InChI=1S/C14H16F6/c1-4-12(3,5-2)9-6-10(13(15,16)17)8-11(7-9)14(18,19)20/h6-8H,4-5H2,1-3H3. The summed E-state index contributed by atoms with van der Waals surface area (Å²) in [5, 5.41) is 0. The summed E-state index contributed by atoms with van der Waals surface area (Å²) in [4.78, 5) is 0. The molecule has 0 bridgehead atoms. The zero-order valence-corrected chi connectivity index (χ0v) is 11.4. The van der Waals surface area contributed by atoms with E-state index in [0.717, 1.165) is 12.1 Å². The van der Waals surface area contributed by atoms with E-state index in [4.69, 9.17) is 0 Å². The van der Waals surface area contributed by atoms with Gasteiger partial charge < -0.3 is 0 Å². The zero-order valence-electron chi connectivity index (χ0n) is 11.4. The molecule has 0 heterocycles. The van der Waals surface area contributed by atoms with E-state index in [2.05, 4.69) is 0 Å². The van der Waals surface area contributed by atoms with Crippen LogP contribution in [0.2, 0.25) is 0 Å². The molecule has 0 spiro atoms. The molecule has 0 aromatic heterocycles. The average Bonchev–Trinajstić information content (AvgIpc) is 2.35. The van der Waals surface area contributed by atoms with Crippen molar-refractivity contribution >= 4 is 0 Å². The molecule has 0 saturated carbocycles. The van der Waals surface area contributed by atoms with Crippen molar-refractivity contribution in [3.05, 3.63) is 34.9 Å². The van der Waals surface area contributed by atoms with Gasteiger partial charge in [-0.3, -0.25) is 0 Å². The molecule has 0 unspecified atom stereocenters. The summed E-state index contributed by atoms with van der Waals surface area (Å²) in [5.74, 6) is 0. The molecule has 0 radical (unpaired) electrons. The highest BCUT2D eigenvalue weighted by Crippen LogP contribution is 2.40. The quantitative estimate of drug-likeness (QED) is 0.618. The van der Waals surface area contributed by atoms with Crippen molar-refractivity contribution in [2.75, 3.05) is 0 Å². The largest absolute Gasteiger partial charge is 0.416 e. The molecule has 1 aromatic rings. The van der Waals surface area contributed by atoms with Crippen molar-refractivity contribution < 1.29 is 26.3 Å². The number of alkyl halides is 6. The van der Waals surface area contributed by atoms with Gasteiger partial charge in [-0.05, 0) is 42.0 Å². The molecule has 0 N–H and O–H groups in total. The van der Waals surface area contributed by atoms with Crippen LogP contribution >= 0.6 is 0 Å². The molecule has 0 atom stereocenters. The lowest BCUT2D eigenvalue weighted by molar-refractivity contribution is -0.143. The highest BCUT2D eigenvalue weighted by molar-refractivity contribution is 5.37. The van der Waals surface area contributed by atoms with E-state index >= 15 is 0 Å². The number of benzene rings is 1. The van der Waals surface area contributed by atoms with Gasteiger partial charge in [-0.1, -0.05) is 20.8 Å². The van der Waals surface area contributed by atoms with E-state index < -0.39 is 28.9 Å². The van der Waals surface area contributed by atoms with Crippen molar-refractivity contribution in [1.29, 1.82) is 0 Å². The Kier molecular flexibility index (Phi) is 4.46. The van der Waals surface area contributed by atoms with Crippen LogP contribution in [0.5, 0.6) is 0 Å². The van der Waals surface area contributed by atoms with Gasteiger partial charge in [0.1, 0.15) is 0 Å². The molecule has 0 aliphatic carbocycles. The lowest BCUT2D eigenvalue weighted by Gasteiger charge is -2.29. The summed E-state index contributed by atoms with van der Waals surface area (Å²) in [5.41, 5.74) is -3.14. The fourth-order valence-electron chi connectivity index (χ4n) is 1.96. The van der Waals surface area contributed by atoms with Crippen LogP contribution in [0.25, 0.3) is 0 Å². The Labute approximate surface area is 113 Å². The number of hydrogen-bond acceptors (Lipinski definition) is 0. The van der Waals surface area contributed by atoms with Gasteiger partial charge in [-0.15, -0.1) is 0 Å². The van der Waals surface area contributed by atoms with Gasteiger partial charge in [0.25, 0.3) is 0 Å². The van der Waals surface area contributed by atoms with E-state index in [-0.39, 0.29) is 11.6 Å². The molecule has 6 heteroatoms. The summed E-state index contributed by atoms with van der Waals surface area (Å²) in [6, 6.07) is 1.81. The molecule has 114 valence electrons. The third-order valence-electron chi connectivity index (χ3n) is 3.85. The van der Waals surface area contributed by atoms with Gasteiger partial charge >= 0.3 is 12.4 Å². The van der Waals surface area contributed by atoms with Crippen LogP contribution in [-0.4, -0.2) is 0 Å². The van der Waals surface area contributed by atoms with Crippen molar-refractivity contribution in [2.24, 2.45) is 0 Å². The minimum absolute atomic E-state index is 0.0738. The van der Waals surface area contributed by atoms with Crippen LogP contribution in [0.1, 0.15) is 50.3 Å². The Morgan fingerprint density at radius 2 is 1.00 bits per heavy atom. The fraction of sp³-hybridized carbons (Fsp3) is 0.571. The van der Waals surface area contributed by atoms with Crippen LogP contribution in [0, 0.1) is 0 Å². The lowest BCUT2D eigenvalue weighted by Crippen LogP contribution is -2.22. The Bertz CT molecular complexity index is 433. The third-order valence-corrected chi connectivity index (χ3v) is 3.85. The summed E-state index contributed by atoms with van der Waals surface area (Å²) in [7, 11) is 0. The molecular formula is C14H16F6. The maximum absolute atomic E-state index is 12.8. The summed E-state index contributed by atoms with van der Waals surface area (Å²) in [6.07, 6.45) is -8.67. The smallest absolute Gasteiger partial charge is 0.166 e. The van der Waals surface area contributed by atoms with Crippen molar-refractivity contribution in [3.63, 3.8) is 0 Å². The first kappa shape index (κ1) is 16.9. The summed E-state index contributed by atoms with van der Waals surface area (Å²) >= 11 is 0. The van der Waals surface area contributed by atoms with Crippen molar-refractivity contribution in [1.82, 2.24) is 0 Å². The minimum Gasteiger partial charge on any atom is -0.166 e. The van der Waals surface area contributed by atoms with Crippen molar-refractivity contribution in [3.8, 4) is 0 Å². The second kappa shape index (κ2) is 5.30. The van der Waals surface area contributed by atoms with E-state index in [1.165, 1.54) is 0 Å². The normalized spacial score (nSPS) is 13.7. The first-order valence-electron chi connectivity index (χ1n) is 6.24. The van der Waals surface area contributed by atoms with E-state index in [1.54, 1.807) is 20.8 Å². The molecule has 0 saturated heterocycles. The Hall–Kier alpha value is -1.20. The van der Waals surface area contributed by atoms with Crippen LogP contribution in [0.3, 0.4) is 0 Å². The second-order valence-corrected chi connectivity index (χ2v) is 5.06. The molecule has 1 rings (SSSR count). The number of rotatable bonds is 3. The minimum atomic E-state index is -4.79. The maximum Gasteiger partial charge on any atom is 0.416 e. The fourth-order valence-corrected chi connectivity index (χ4v) is 1.96. The molecule has 1 aromatic carbocycles. The molecule has 0 fully saturated rings. The maximum atomic E-state index is 12.8. The van der Waals surface area contributed by atoms with Crippen LogP contribution < -0.4 is 0 Å². The highest BCUT2D eigenvalue weighted by atomic mass is 19.4. The number of hydrogen-bond donors (Lipinski definition) is 0. The van der Waals surface area contributed by atoms with Crippen LogP contribution in [-0.2, 0) is 17.8 Å². The monoisotopic (exact) mass is 298 g/mol. The third kappa shape index (κ3) is 3.46. The van der Waals surface area contributed by atoms with Gasteiger partial charge in [-0.2, -0.15) is 26.3 Å². The first-order valence-corrected chi connectivity index (χ1v) is 6.24. The SMILES string of the molecule is CCC(C)(CC)c1cc(C(F)(F)F)cc(C(F)(F)F)c1. The molecule has 0 aliphatic heterocycles. The average molecular weight is 298 g/mol. The van der Waals surface area contributed by atoms with Crippen molar-refractivity contribution in [2.45, 2.75) is 51.4 Å². The highest BCUT2D eigenvalue weighted by Gasteiger charge is 2.38. The second-order valence-electron chi connectivity index (χ2n) is 5.06. The van der Waals surface area contributed by atoms with Gasteiger partial charge in [0.2, 0.25) is 0 Å². The Balaban J connectivity index is 3.54. The van der Waals surface area contributed by atoms with Gasteiger partial charge in [-0.25, -0.2) is 0 Å². The summed E-state index contributed by atoms with van der Waals surface area (Å²) in [6.45, 7) is 5.16. The number of halogens is 6. The lowest BCUT2D eigenvalue weighted by atomic mass is 9.77. The van der Waals surface area contributed by atoms with Gasteiger partial charge in [0.15, 0.2) is 0 Å². The predicted octanol–water partition coefficient (Wildman–Crippen LogP) is 5.80. The molecule has 0 amide bonds. The Morgan fingerprint density at radius 1 is 0.700 bits per heavy atom. The first-order chi connectivity index (χ1) is 8.94. The molecule has 0 nitrogen and oxygen atoms in total. The predicted molar refractivity (Wildman–Crippen MR) is 64.4 cm³/mol.